The quantitative estimate of drug-likeness (QED) is 0.197. The van der Waals surface area contributed by atoms with Gasteiger partial charge in [-0.3, -0.25) is 14.2 Å². The van der Waals surface area contributed by atoms with Gasteiger partial charge in [0.1, 0.15) is 22.7 Å². The number of furan rings is 1. The normalized spacial score (nSPS) is 12.5. The second kappa shape index (κ2) is 11.3. The number of nitrogens with zero attached hydrogens (tertiary/aromatic N) is 3. The highest BCUT2D eigenvalue weighted by Crippen LogP contribution is 2.33. The highest BCUT2D eigenvalue weighted by molar-refractivity contribution is 9.11. The Hall–Kier alpha value is -2.86. The van der Waals surface area contributed by atoms with Crippen LogP contribution in [0.3, 0.4) is 0 Å². The van der Waals surface area contributed by atoms with Gasteiger partial charge in [0.15, 0.2) is 0 Å². The molecule has 2 N–H and O–H groups in total. The highest BCUT2D eigenvalue weighted by Gasteiger charge is 2.33. The molecule has 202 valence electrons. The van der Waals surface area contributed by atoms with Gasteiger partial charge in [0.25, 0.3) is 11.5 Å². The van der Waals surface area contributed by atoms with Gasteiger partial charge < -0.3 is 15.1 Å². The molecule has 3 heterocycles. The third-order valence-corrected chi connectivity index (χ3v) is 8.60. The Kier molecular flexibility index (Phi) is 8.04. The smallest absolute Gasteiger partial charge is 0.297 e. The van der Waals surface area contributed by atoms with Crippen LogP contribution in [0.1, 0.15) is 40.9 Å². The van der Waals surface area contributed by atoms with Gasteiger partial charge in [0.05, 0.1) is 16.4 Å². The van der Waals surface area contributed by atoms with Crippen molar-refractivity contribution in [2.24, 2.45) is 11.7 Å². The molecule has 5 aromatic rings. The number of aromatic nitrogens is 2. The Labute approximate surface area is 244 Å². The molecule has 39 heavy (non-hydrogen) atoms. The number of thiophene rings is 1. The topological polar surface area (TPSA) is 94.4 Å². The molecule has 0 aliphatic rings. The molecule has 0 aliphatic carbocycles. The van der Waals surface area contributed by atoms with E-state index in [-0.39, 0.29) is 42.6 Å². The van der Waals surface area contributed by atoms with E-state index in [1.54, 1.807) is 33.7 Å². The maximum atomic E-state index is 14.2. The molecular weight excluding hydrogens is 651 g/mol. The molecule has 2 aromatic carbocycles. The van der Waals surface area contributed by atoms with Crippen LogP contribution in [-0.2, 0) is 6.54 Å². The van der Waals surface area contributed by atoms with Crippen LogP contribution in [-0.4, -0.2) is 33.4 Å². The molecular formula is C28H25Br2FN4O3S. The number of hydrogen-bond acceptors (Lipinski definition) is 6. The lowest BCUT2D eigenvalue weighted by Gasteiger charge is -2.35. The van der Waals surface area contributed by atoms with Gasteiger partial charge in [-0.15, -0.1) is 11.3 Å². The summed E-state index contributed by atoms with van der Waals surface area (Å²) in [6.07, 6.45) is 0. The van der Waals surface area contributed by atoms with Crippen LogP contribution in [0.5, 0.6) is 0 Å². The Balaban J connectivity index is 1.76. The maximum Gasteiger partial charge on any atom is 0.297 e. The van der Waals surface area contributed by atoms with E-state index in [1.165, 1.54) is 29.5 Å². The third kappa shape index (κ3) is 5.45. The lowest BCUT2D eigenvalue weighted by atomic mass is 9.99. The van der Waals surface area contributed by atoms with Gasteiger partial charge in [-0.25, -0.2) is 9.37 Å². The molecule has 0 radical (unpaired) electrons. The van der Waals surface area contributed by atoms with Crippen molar-refractivity contribution in [1.29, 1.82) is 0 Å². The zero-order chi connectivity index (χ0) is 27.8. The van der Waals surface area contributed by atoms with Gasteiger partial charge in [-0.1, -0.05) is 29.8 Å². The molecule has 0 fully saturated rings. The average Bonchev–Trinajstić information content (AvgIpc) is 3.48. The van der Waals surface area contributed by atoms with Crippen molar-refractivity contribution >= 4 is 71.2 Å². The number of amides is 1. The standard InChI is InChI=1S/C28H25Br2FN4O3S/c1-15(2)24(34(12-11-32)27(36)16-3-5-17(29)6-4-16)26-33-23-20-13-18(31)7-9-21(20)38-25(23)28(37)35(26)14-19-8-10-22(30)39-19/h3-10,13,15,24H,11-12,14,32H2,1-2H3/t24-/m1/s1. The summed E-state index contributed by atoms with van der Waals surface area (Å²) in [5.74, 6) is -0.444. The number of rotatable bonds is 8. The van der Waals surface area contributed by atoms with Crippen LogP contribution in [0.15, 0.2) is 72.1 Å². The van der Waals surface area contributed by atoms with Gasteiger partial charge in [-0.2, -0.15) is 0 Å². The van der Waals surface area contributed by atoms with E-state index in [1.807, 2.05) is 26.0 Å². The number of fused-ring (bicyclic) bond motifs is 3. The fourth-order valence-electron chi connectivity index (χ4n) is 4.75. The molecule has 0 aliphatic heterocycles. The first kappa shape index (κ1) is 27.7. The lowest BCUT2D eigenvalue weighted by Crippen LogP contribution is -2.43. The lowest BCUT2D eigenvalue weighted by molar-refractivity contribution is 0.0612. The van der Waals surface area contributed by atoms with E-state index in [0.29, 0.717) is 22.4 Å². The van der Waals surface area contributed by atoms with Crippen LogP contribution in [0, 0.1) is 11.7 Å². The molecule has 0 saturated heterocycles. The SMILES string of the molecule is CC(C)[C@H](c1nc2c(oc3ccc(F)cc32)c(=O)n1Cc1ccc(Br)s1)N(CCN)C(=O)c1ccc(Br)cc1. The summed E-state index contributed by atoms with van der Waals surface area (Å²) in [5, 5.41) is 0.404. The van der Waals surface area contributed by atoms with E-state index in [0.717, 1.165) is 13.1 Å². The van der Waals surface area contributed by atoms with E-state index in [2.05, 4.69) is 31.9 Å². The summed E-state index contributed by atoms with van der Waals surface area (Å²) in [5.41, 5.74) is 6.76. The van der Waals surface area contributed by atoms with E-state index in [9.17, 15) is 14.0 Å². The summed E-state index contributed by atoms with van der Waals surface area (Å²) in [6.45, 7) is 4.63. The predicted molar refractivity (Wildman–Crippen MR) is 159 cm³/mol. The molecule has 0 unspecified atom stereocenters. The molecule has 11 heteroatoms. The minimum Gasteiger partial charge on any atom is -0.448 e. The predicted octanol–water partition coefficient (Wildman–Crippen LogP) is 6.71. The summed E-state index contributed by atoms with van der Waals surface area (Å²) in [7, 11) is 0. The van der Waals surface area contributed by atoms with Crippen LogP contribution in [0.2, 0.25) is 0 Å². The molecule has 1 amide bonds. The second-order valence-electron chi connectivity index (χ2n) is 9.47. The Morgan fingerprint density at radius 1 is 1.15 bits per heavy atom. The number of carbonyl (C=O) groups is 1. The van der Waals surface area contributed by atoms with E-state index >= 15 is 0 Å². The molecule has 5 rings (SSSR count). The number of hydrogen-bond donors (Lipinski definition) is 1. The van der Waals surface area contributed by atoms with Crippen molar-refractivity contribution in [3.63, 3.8) is 0 Å². The summed E-state index contributed by atoms with van der Waals surface area (Å²) >= 11 is 8.40. The van der Waals surface area contributed by atoms with Crippen molar-refractivity contribution in [1.82, 2.24) is 14.5 Å². The molecule has 0 saturated carbocycles. The Morgan fingerprint density at radius 2 is 1.90 bits per heavy atom. The largest absolute Gasteiger partial charge is 0.448 e. The first-order valence-corrected chi connectivity index (χ1v) is 14.7. The fourth-order valence-corrected chi connectivity index (χ4v) is 6.48. The van der Waals surface area contributed by atoms with Crippen LogP contribution < -0.4 is 11.3 Å². The van der Waals surface area contributed by atoms with Crippen LogP contribution in [0.4, 0.5) is 4.39 Å². The monoisotopic (exact) mass is 674 g/mol. The molecule has 1 atom stereocenters. The minimum absolute atomic E-state index is 0.0436. The van der Waals surface area contributed by atoms with Crippen molar-refractivity contribution < 1.29 is 13.6 Å². The van der Waals surface area contributed by atoms with Gasteiger partial charge >= 0.3 is 0 Å². The van der Waals surface area contributed by atoms with Crippen molar-refractivity contribution in [3.8, 4) is 0 Å². The first-order valence-electron chi connectivity index (χ1n) is 12.3. The number of benzene rings is 2. The maximum absolute atomic E-state index is 14.2. The summed E-state index contributed by atoms with van der Waals surface area (Å²) < 4.78 is 23.4. The van der Waals surface area contributed by atoms with Crippen molar-refractivity contribution in [2.45, 2.75) is 26.4 Å². The summed E-state index contributed by atoms with van der Waals surface area (Å²) in [6, 6.07) is 14.4. The molecule has 0 spiro atoms. The van der Waals surface area contributed by atoms with Crippen LogP contribution >= 0.6 is 43.2 Å². The molecule has 7 nitrogen and oxygen atoms in total. The highest BCUT2D eigenvalue weighted by atomic mass is 79.9. The van der Waals surface area contributed by atoms with Gasteiger partial charge in [-0.05, 0) is 76.4 Å². The number of nitrogens with two attached hydrogens (primary N) is 1. The Bertz CT molecular complexity index is 1730. The third-order valence-electron chi connectivity index (χ3n) is 6.46. The molecule has 0 bridgehead atoms. The first-order chi connectivity index (χ1) is 18.7. The average molecular weight is 676 g/mol. The van der Waals surface area contributed by atoms with E-state index < -0.39 is 17.4 Å². The van der Waals surface area contributed by atoms with Crippen molar-refractivity contribution in [2.75, 3.05) is 13.1 Å². The van der Waals surface area contributed by atoms with Crippen molar-refractivity contribution in [3.05, 3.63) is 95.3 Å². The summed E-state index contributed by atoms with van der Waals surface area (Å²) in [4.78, 5) is 35.4. The van der Waals surface area contributed by atoms with Crippen LogP contribution in [0.25, 0.3) is 22.1 Å². The van der Waals surface area contributed by atoms with Gasteiger partial charge in [0, 0.05) is 33.4 Å². The number of carbonyl (C=O) groups excluding carboxylic acids is 1. The zero-order valence-corrected chi connectivity index (χ0v) is 25.1. The van der Waals surface area contributed by atoms with E-state index in [4.69, 9.17) is 15.1 Å². The second-order valence-corrected chi connectivity index (χ2v) is 12.9. The number of halogens is 3. The minimum atomic E-state index is -0.608. The Morgan fingerprint density at radius 3 is 2.54 bits per heavy atom. The van der Waals surface area contributed by atoms with Gasteiger partial charge in [0.2, 0.25) is 5.58 Å². The zero-order valence-electron chi connectivity index (χ0n) is 21.2. The fraction of sp³-hybridized carbons (Fsp3) is 0.250. The molecule has 3 aromatic heterocycles.